The van der Waals surface area contributed by atoms with Gasteiger partial charge in [0.1, 0.15) is 24.2 Å². The summed E-state index contributed by atoms with van der Waals surface area (Å²) < 4.78 is 26.5. The van der Waals surface area contributed by atoms with Crippen LogP contribution < -0.4 is 10.1 Å². The van der Waals surface area contributed by atoms with Gasteiger partial charge in [0.2, 0.25) is 17.6 Å². The Bertz CT molecular complexity index is 1280. The van der Waals surface area contributed by atoms with Gasteiger partial charge < -0.3 is 29.7 Å². The molecule has 2 fully saturated rings. The van der Waals surface area contributed by atoms with Gasteiger partial charge in [-0.15, -0.1) is 0 Å². The Labute approximate surface area is 224 Å². The topological polar surface area (TPSA) is 149 Å². The highest BCUT2D eigenvalue weighted by Crippen LogP contribution is 2.44. The number of nitrogens with one attached hydrogen (secondary N) is 1. The van der Waals surface area contributed by atoms with Crippen molar-refractivity contribution < 1.29 is 43.6 Å². The van der Waals surface area contributed by atoms with Crippen LogP contribution in [0.4, 0.5) is 4.39 Å². The maximum Gasteiger partial charge on any atom is 0.255 e. The van der Waals surface area contributed by atoms with Gasteiger partial charge >= 0.3 is 0 Å². The van der Waals surface area contributed by atoms with Gasteiger partial charge in [-0.1, -0.05) is 19.9 Å². The maximum absolute atomic E-state index is 15.4. The van der Waals surface area contributed by atoms with E-state index in [1.165, 1.54) is 4.90 Å². The first-order valence-electron chi connectivity index (χ1n) is 12.9. The number of ether oxygens (including phenoxy) is 2. The molecule has 1 atom stereocenters. The van der Waals surface area contributed by atoms with Crippen LogP contribution in [0.2, 0.25) is 0 Å². The number of halogens is 1. The molecule has 0 aliphatic carbocycles. The number of phenols is 3. The SMILES string of the molecule is CC.O=C1CCC(N2Cc3c(OCc4c(O)c(O)c(O)c(CN5CCOCC5)c4F)cccc3C2=O)C(=O)N1. The van der Waals surface area contributed by atoms with E-state index >= 15 is 4.39 Å². The van der Waals surface area contributed by atoms with Crippen LogP contribution in [-0.2, 0) is 34.0 Å². The summed E-state index contributed by atoms with van der Waals surface area (Å²) in [5, 5.41) is 33.2. The van der Waals surface area contributed by atoms with Crippen molar-refractivity contribution in [2.45, 2.75) is 52.4 Å². The second-order valence-corrected chi connectivity index (χ2v) is 9.18. The zero-order chi connectivity index (χ0) is 28.3. The first kappa shape index (κ1) is 28.1. The summed E-state index contributed by atoms with van der Waals surface area (Å²) in [5.74, 6) is -4.42. The van der Waals surface area contributed by atoms with Crippen molar-refractivity contribution in [1.29, 1.82) is 0 Å². The first-order valence-corrected chi connectivity index (χ1v) is 12.9. The van der Waals surface area contributed by atoms with Crippen molar-refractivity contribution >= 4 is 17.7 Å². The number of phenolic OH excluding ortho intramolecular Hbond substituents is 3. The zero-order valence-electron chi connectivity index (χ0n) is 21.8. The summed E-state index contributed by atoms with van der Waals surface area (Å²) in [7, 11) is 0. The van der Waals surface area contributed by atoms with E-state index in [0.29, 0.717) is 37.4 Å². The largest absolute Gasteiger partial charge is 0.504 e. The average molecular weight is 546 g/mol. The minimum atomic E-state index is -0.909. The van der Waals surface area contributed by atoms with Crippen molar-refractivity contribution in [1.82, 2.24) is 15.1 Å². The zero-order valence-corrected chi connectivity index (χ0v) is 21.8. The molecule has 3 heterocycles. The van der Waals surface area contributed by atoms with Crippen molar-refractivity contribution in [3.8, 4) is 23.0 Å². The summed E-state index contributed by atoms with van der Waals surface area (Å²) in [6.45, 7) is 5.49. The number of aromatic hydroxyl groups is 3. The van der Waals surface area contributed by atoms with E-state index in [9.17, 15) is 29.7 Å². The van der Waals surface area contributed by atoms with Gasteiger partial charge in [-0.05, 0) is 18.6 Å². The highest BCUT2D eigenvalue weighted by molar-refractivity contribution is 6.05. The molecule has 4 N–H and O–H groups in total. The van der Waals surface area contributed by atoms with Crippen LogP contribution in [0.3, 0.4) is 0 Å². The van der Waals surface area contributed by atoms with Crippen LogP contribution >= 0.6 is 0 Å². The minimum absolute atomic E-state index is 0.00197. The third kappa shape index (κ3) is 5.48. The molecule has 12 heteroatoms. The second-order valence-electron chi connectivity index (χ2n) is 9.18. The Morgan fingerprint density at radius 2 is 1.74 bits per heavy atom. The molecule has 2 saturated heterocycles. The number of carbonyl (C=O) groups is 3. The Hall–Kier alpha value is -3.90. The van der Waals surface area contributed by atoms with Gasteiger partial charge in [-0.3, -0.25) is 24.6 Å². The van der Waals surface area contributed by atoms with E-state index in [2.05, 4.69) is 5.32 Å². The van der Waals surface area contributed by atoms with E-state index in [0.717, 1.165) is 0 Å². The molecule has 0 radical (unpaired) electrons. The molecule has 2 aromatic rings. The third-order valence-electron chi connectivity index (χ3n) is 6.95. The Balaban J connectivity index is 0.00000172. The lowest BCUT2D eigenvalue weighted by Gasteiger charge is -2.29. The van der Waals surface area contributed by atoms with Crippen molar-refractivity contribution in [3.63, 3.8) is 0 Å². The third-order valence-corrected chi connectivity index (χ3v) is 6.95. The number of amides is 3. The molecule has 5 rings (SSSR count). The normalized spacial score (nSPS) is 19.3. The van der Waals surface area contributed by atoms with Crippen LogP contribution in [-0.4, -0.2) is 75.2 Å². The minimum Gasteiger partial charge on any atom is -0.504 e. The Morgan fingerprint density at radius 1 is 1.05 bits per heavy atom. The predicted molar refractivity (Wildman–Crippen MR) is 136 cm³/mol. The lowest BCUT2D eigenvalue weighted by molar-refractivity contribution is -0.136. The number of fused-ring (bicyclic) bond motifs is 1. The number of hydrogen-bond acceptors (Lipinski definition) is 9. The number of nitrogens with zero attached hydrogens (tertiary/aromatic N) is 2. The molecule has 3 aliphatic heterocycles. The molecule has 3 amide bonds. The summed E-state index contributed by atoms with van der Waals surface area (Å²) in [6, 6.07) is 3.93. The van der Waals surface area contributed by atoms with Crippen LogP contribution in [0.25, 0.3) is 0 Å². The highest BCUT2D eigenvalue weighted by Gasteiger charge is 2.40. The van der Waals surface area contributed by atoms with Crippen LogP contribution in [0.5, 0.6) is 23.0 Å². The fraction of sp³-hybridized carbons (Fsp3) is 0.444. The van der Waals surface area contributed by atoms with Gasteiger partial charge in [0.05, 0.1) is 25.3 Å². The van der Waals surface area contributed by atoms with Crippen LogP contribution in [0.1, 0.15) is 53.7 Å². The molecule has 0 spiro atoms. The van der Waals surface area contributed by atoms with E-state index in [-0.39, 0.29) is 54.6 Å². The number of benzene rings is 2. The number of rotatable bonds is 6. The number of carbonyl (C=O) groups excluding carboxylic acids is 3. The summed E-state index contributed by atoms with van der Waals surface area (Å²) in [6.07, 6.45) is 0.327. The van der Waals surface area contributed by atoms with Gasteiger partial charge in [-0.2, -0.15) is 0 Å². The number of imide groups is 1. The summed E-state index contributed by atoms with van der Waals surface area (Å²) in [4.78, 5) is 40.0. The Kier molecular flexibility index (Phi) is 8.56. The number of morpholine rings is 1. The average Bonchev–Trinajstić information content (AvgIpc) is 3.28. The Morgan fingerprint density at radius 3 is 2.44 bits per heavy atom. The molecular weight excluding hydrogens is 513 g/mol. The molecule has 0 saturated carbocycles. The van der Waals surface area contributed by atoms with Crippen molar-refractivity contribution in [2.75, 3.05) is 26.3 Å². The summed E-state index contributed by atoms with van der Waals surface area (Å²) >= 11 is 0. The van der Waals surface area contributed by atoms with Crippen molar-refractivity contribution in [3.05, 3.63) is 46.3 Å². The summed E-state index contributed by atoms with van der Waals surface area (Å²) in [5.41, 5.74) is 0.276. The molecule has 3 aliphatic rings. The fourth-order valence-corrected chi connectivity index (χ4v) is 4.89. The predicted octanol–water partition coefficient (Wildman–Crippen LogP) is 2.14. The quantitative estimate of drug-likeness (QED) is 0.316. The van der Waals surface area contributed by atoms with Crippen molar-refractivity contribution in [2.24, 2.45) is 0 Å². The van der Waals surface area contributed by atoms with E-state index in [4.69, 9.17) is 9.47 Å². The molecular formula is C27H32FN3O8. The van der Waals surface area contributed by atoms with E-state index in [1.54, 1.807) is 18.2 Å². The fourth-order valence-electron chi connectivity index (χ4n) is 4.89. The second kappa shape index (κ2) is 11.9. The lowest BCUT2D eigenvalue weighted by atomic mass is 10.0. The molecule has 11 nitrogen and oxygen atoms in total. The number of hydrogen-bond donors (Lipinski definition) is 4. The number of piperidine rings is 1. The van der Waals surface area contributed by atoms with Gasteiger partial charge in [-0.25, -0.2) is 4.39 Å². The van der Waals surface area contributed by atoms with E-state index in [1.807, 2.05) is 18.7 Å². The maximum atomic E-state index is 15.4. The van der Waals surface area contributed by atoms with Gasteiger partial charge in [0.25, 0.3) is 5.91 Å². The molecule has 2 aromatic carbocycles. The van der Waals surface area contributed by atoms with Crippen LogP contribution in [0.15, 0.2) is 18.2 Å². The molecule has 39 heavy (non-hydrogen) atoms. The van der Waals surface area contributed by atoms with Crippen LogP contribution in [0, 0.1) is 5.82 Å². The molecule has 1 unspecified atom stereocenters. The van der Waals surface area contributed by atoms with Gasteiger partial charge in [0, 0.05) is 42.7 Å². The van der Waals surface area contributed by atoms with E-state index < -0.39 is 41.6 Å². The van der Waals surface area contributed by atoms with Gasteiger partial charge in [0.15, 0.2) is 11.5 Å². The molecule has 210 valence electrons. The highest BCUT2D eigenvalue weighted by atomic mass is 19.1. The first-order chi connectivity index (χ1) is 18.8. The lowest BCUT2D eigenvalue weighted by Crippen LogP contribution is -2.52. The standard InChI is InChI=1S/C25H26FN3O8.C2H6/c26-20-15(10-28-6-8-36-9-7-28)21(31)23(33)22(32)16(20)12-37-18-3-1-2-13-14(18)11-29(25(13)35)17-4-5-19(30)27-24(17)34;1-2/h1-3,17,31-33H,4-12H2,(H,27,30,34);1-2H3. The smallest absolute Gasteiger partial charge is 0.255 e. The monoisotopic (exact) mass is 545 g/mol. The molecule has 0 aromatic heterocycles. The molecule has 0 bridgehead atoms.